The van der Waals surface area contributed by atoms with Crippen molar-refractivity contribution in [3.8, 4) is 0 Å². The first-order valence-electron chi connectivity index (χ1n) is 4.57. The third-order valence-corrected chi connectivity index (χ3v) is 1.65. The Labute approximate surface area is 89.1 Å². The van der Waals surface area contributed by atoms with E-state index >= 15 is 0 Å². The molecule has 78 valence electrons. The first kappa shape index (κ1) is 11.0. The minimum atomic E-state index is -0.475. The maximum Gasteiger partial charge on any atom is 0.411 e. The molecule has 0 saturated heterocycles. The molecule has 3 nitrogen and oxygen atoms in total. The van der Waals surface area contributed by atoms with Crippen molar-refractivity contribution in [3.63, 3.8) is 0 Å². The molecule has 15 heavy (non-hydrogen) atoms. The van der Waals surface area contributed by atoms with Crippen LogP contribution >= 0.6 is 0 Å². The van der Waals surface area contributed by atoms with E-state index in [0.29, 0.717) is 0 Å². The Bertz CT molecular complexity index is 344. The Morgan fingerprint density at radius 1 is 1.40 bits per heavy atom. The molecule has 0 saturated carbocycles. The number of carbonyl (C=O) groups excluding carboxylic acids is 1. The highest BCUT2D eigenvalue weighted by Crippen LogP contribution is 2.00. The second-order valence-electron chi connectivity index (χ2n) is 2.80. The molecule has 0 atom stereocenters. The van der Waals surface area contributed by atoms with Gasteiger partial charge in [0.1, 0.15) is 6.61 Å². The second-order valence-corrected chi connectivity index (χ2v) is 2.80. The van der Waals surface area contributed by atoms with Crippen molar-refractivity contribution in [2.45, 2.75) is 6.61 Å². The molecule has 1 aromatic rings. The van der Waals surface area contributed by atoms with Crippen LogP contribution in [0.4, 0.5) is 4.79 Å². The largest absolute Gasteiger partial charge is 0.444 e. The van der Waals surface area contributed by atoms with Gasteiger partial charge in [0.25, 0.3) is 0 Å². The van der Waals surface area contributed by atoms with Crippen molar-refractivity contribution in [3.05, 3.63) is 60.8 Å². The van der Waals surface area contributed by atoms with Gasteiger partial charge in [-0.3, -0.25) is 5.32 Å². The summed E-state index contributed by atoms with van der Waals surface area (Å²) in [5.74, 6) is 0. The van der Waals surface area contributed by atoms with Crippen LogP contribution in [0.25, 0.3) is 0 Å². The Kier molecular flexibility index (Phi) is 4.73. The van der Waals surface area contributed by atoms with Gasteiger partial charge in [-0.05, 0) is 11.6 Å². The minimum Gasteiger partial charge on any atom is -0.444 e. The number of amides is 1. The summed E-state index contributed by atoms with van der Waals surface area (Å²) < 4.78 is 4.94. The molecule has 0 aliphatic carbocycles. The lowest BCUT2D eigenvalue weighted by atomic mass is 10.2. The summed E-state index contributed by atoms with van der Waals surface area (Å²) in [6.07, 6.45) is 4.18. The predicted octanol–water partition coefficient (Wildman–Crippen LogP) is 2.61. The standard InChI is InChI=1S/C12H13NO2/c1-2-3-9-13-12(14)15-10-11-7-5-4-6-8-11/h2-9H,1,10H2,(H,13,14)/b9-3-. The van der Waals surface area contributed by atoms with Crippen LogP contribution in [-0.4, -0.2) is 6.09 Å². The number of allylic oxidation sites excluding steroid dienone is 2. The van der Waals surface area contributed by atoms with Crippen LogP contribution in [0, 0.1) is 0 Å². The molecule has 1 rings (SSSR count). The van der Waals surface area contributed by atoms with Gasteiger partial charge in [0.05, 0.1) is 0 Å². The number of hydrogen-bond acceptors (Lipinski definition) is 2. The Hall–Kier alpha value is -2.03. The van der Waals surface area contributed by atoms with Crippen LogP contribution in [0.5, 0.6) is 0 Å². The molecule has 1 N–H and O–H groups in total. The van der Waals surface area contributed by atoms with Crippen molar-refractivity contribution < 1.29 is 9.53 Å². The number of nitrogens with one attached hydrogen (secondary N) is 1. The number of alkyl carbamates (subject to hydrolysis) is 1. The number of ether oxygens (including phenoxy) is 1. The number of rotatable bonds is 4. The fourth-order valence-electron chi connectivity index (χ4n) is 0.949. The number of carbonyl (C=O) groups is 1. The molecule has 1 aromatic carbocycles. The van der Waals surface area contributed by atoms with E-state index in [1.807, 2.05) is 30.3 Å². The fraction of sp³-hybridized carbons (Fsp3) is 0.0833. The molecule has 0 fully saturated rings. The molecular formula is C12H13NO2. The van der Waals surface area contributed by atoms with Crippen molar-refractivity contribution >= 4 is 6.09 Å². The van der Waals surface area contributed by atoms with Gasteiger partial charge in [0, 0.05) is 6.20 Å². The zero-order valence-electron chi connectivity index (χ0n) is 8.35. The van der Waals surface area contributed by atoms with Gasteiger partial charge in [-0.15, -0.1) is 0 Å². The van der Waals surface area contributed by atoms with Crippen LogP contribution in [0.1, 0.15) is 5.56 Å². The lowest BCUT2D eigenvalue weighted by Crippen LogP contribution is -2.18. The summed E-state index contributed by atoms with van der Waals surface area (Å²) in [6, 6.07) is 9.50. The zero-order valence-corrected chi connectivity index (χ0v) is 8.35. The van der Waals surface area contributed by atoms with Crippen molar-refractivity contribution in [2.24, 2.45) is 0 Å². The fourth-order valence-corrected chi connectivity index (χ4v) is 0.949. The lowest BCUT2D eigenvalue weighted by Gasteiger charge is -2.03. The third-order valence-electron chi connectivity index (χ3n) is 1.65. The van der Waals surface area contributed by atoms with Crippen LogP contribution in [0.3, 0.4) is 0 Å². The van der Waals surface area contributed by atoms with Crippen LogP contribution in [-0.2, 0) is 11.3 Å². The Morgan fingerprint density at radius 3 is 2.80 bits per heavy atom. The summed E-state index contributed by atoms with van der Waals surface area (Å²) in [6.45, 7) is 3.74. The van der Waals surface area contributed by atoms with E-state index in [0.717, 1.165) is 5.56 Å². The van der Waals surface area contributed by atoms with E-state index in [4.69, 9.17) is 4.74 Å². The van der Waals surface area contributed by atoms with Gasteiger partial charge < -0.3 is 4.74 Å². The first-order valence-corrected chi connectivity index (χ1v) is 4.57. The molecule has 0 aliphatic heterocycles. The maximum absolute atomic E-state index is 11.1. The van der Waals surface area contributed by atoms with Crippen LogP contribution in [0.2, 0.25) is 0 Å². The molecular weight excluding hydrogens is 190 g/mol. The van der Waals surface area contributed by atoms with Gasteiger partial charge in [-0.2, -0.15) is 0 Å². The predicted molar refractivity (Wildman–Crippen MR) is 59.1 cm³/mol. The highest BCUT2D eigenvalue weighted by Gasteiger charge is 1.98. The summed E-state index contributed by atoms with van der Waals surface area (Å²) in [4.78, 5) is 11.1. The summed E-state index contributed by atoms with van der Waals surface area (Å²) in [5, 5.41) is 2.44. The second kappa shape index (κ2) is 6.43. The minimum absolute atomic E-state index is 0.272. The molecule has 0 radical (unpaired) electrons. The molecule has 0 aromatic heterocycles. The molecule has 0 unspecified atom stereocenters. The van der Waals surface area contributed by atoms with E-state index in [2.05, 4.69) is 11.9 Å². The molecule has 0 bridgehead atoms. The molecule has 0 heterocycles. The monoisotopic (exact) mass is 203 g/mol. The van der Waals surface area contributed by atoms with Crippen LogP contribution in [0.15, 0.2) is 55.3 Å². The van der Waals surface area contributed by atoms with E-state index in [1.165, 1.54) is 6.20 Å². The SMILES string of the molecule is C=C/C=C\NC(=O)OCc1ccccc1. The highest BCUT2D eigenvalue weighted by molar-refractivity contribution is 5.68. The smallest absolute Gasteiger partial charge is 0.411 e. The van der Waals surface area contributed by atoms with E-state index in [9.17, 15) is 4.79 Å². The Morgan fingerprint density at radius 2 is 2.13 bits per heavy atom. The number of hydrogen-bond donors (Lipinski definition) is 1. The van der Waals surface area contributed by atoms with Gasteiger partial charge in [0.15, 0.2) is 0 Å². The molecule has 0 spiro atoms. The summed E-state index contributed by atoms with van der Waals surface area (Å²) in [5.41, 5.74) is 0.959. The van der Waals surface area contributed by atoms with E-state index in [-0.39, 0.29) is 6.61 Å². The normalized spacial score (nSPS) is 9.87. The van der Waals surface area contributed by atoms with Gasteiger partial charge in [-0.1, -0.05) is 43.0 Å². The molecule has 0 aliphatic rings. The molecule has 3 heteroatoms. The topological polar surface area (TPSA) is 38.3 Å². The lowest BCUT2D eigenvalue weighted by molar-refractivity contribution is 0.143. The van der Waals surface area contributed by atoms with Gasteiger partial charge in [-0.25, -0.2) is 4.79 Å². The Balaban J connectivity index is 2.28. The average Bonchev–Trinajstić information content (AvgIpc) is 2.28. The maximum atomic E-state index is 11.1. The number of benzene rings is 1. The average molecular weight is 203 g/mol. The summed E-state index contributed by atoms with van der Waals surface area (Å²) in [7, 11) is 0. The summed E-state index contributed by atoms with van der Waals surface area (Å²) >= 11 is 0. The van der Waals surface area contributed by atoms with Gasteiger partial charge >= 0.3 is 6.09 Å². The van der Waals surface area contributed by atoms with Crippen molar-refractivity contribution in [2.75, 3.05) is 0 Å². The van der Waals surface area contributed by atoms with E-state index < -0.39 is 6.09 Å². The van der Waals surface area contributed by atoms with Crippen LogP contribution < -0.4 is 5.32 Å². The molecule has 1 amide bonds. The highest BCUT2D eigenvalue weighted by atomic mass is 16.5. The van der Waals surface area contributed by atoms with Crippen molar-refractivity contribution in [1.82, 2.24) is 5.32 Å². The van der Waals surface area contributed by atoms with Crippen molar-refractivity contribution in [1.29, 1.82) is 0 Å². The van der Waals surface area contributed by atoms with E-state index in [1.54, 1.807) is 12.2 Å². The quantitative estimate of drug-likeness (QED) is 0.764. The first-order chi connectivity index (χ1) is 7.33. The van der Waals surface area contributed by atoms with Gasteiger partial charge in [0.2, 0.25) is 0 Å². The third kappa shape index (κ3) is 4.67. The zero-order chi connectivity index (χ0) is 10.9.